The summed E-state index contributed by atoms with van der Waals surface area (Å²) in [6, 6.07) is 6.60. The molecule has 2 aromatic rings. The van der Waals surface area contributed by atoms with Gasteiger partial charge in [-0.2, -0.15) is 13.2 Å². The minimum Gasteiger partial charge on any atom is -0.461 e. The number of halogens is 3. The van der Waals surface area contributed by atoms with Crippen LogP contribution in [0.25, 0.3) is 5.69 Å². The van der Waals surface area contributed by atoms with E-state index < -0.39 is 23.5 Å². The Morgan fingerprint density at radius 3 is 2.57 bits per heavy atom. The number of aromatic nitrogens is 3. The second-order valence-electron chi connectivity index (χ2n) is 4.20. The Balaban J connectivity index is 2.65. The Morgan fingerprint density at radius 2 is 2.00 bits per heavy atom. The van der Waals surface area contributed by atoms with Gasteiger partial charge in [0.2, 0.25) is 5.69 Å². The van der Waals surface area contributed by atoms with Gasteiger partial charge in [-0.25, -0.2) is 9.48 Å². The van der Waals surface area contributed by atoms with Gasteiger partial charge in [-0.05, 0) is 25.5 Å². The third-order valence-corrected chi connectivity index (χ3v) is 2.75. The van der Waals surface area contributed by atoms with E-state index in [-0.39, 0.29) is 6.61 Å². The minimum atomic E-state index is -4.79. The zero-order valence-corrected chi connectivity index (χ0v) is 11.3. The van der Waals surface area contributed by atoms with Gasteiger partial charge in [0.1, 0.15) is 0 Å². The highest BCUT2D eigenvalue weighted by atomic mass is 19.4. The van der Waals surface area contributed by atoms with Crippen molar-refractivity contribution in [2.24, 2.45) is 0 Å². The molecule has 0 amide bonds. The Bertz CT molecular complexity index is 665. The highest BCUT2D eigenvalue weighted by Gasteiger charge is 2.41. The quantitative estimate of drug-likeness (QED) is 0.818. The summed E-state index contributed by atoms with van der Waals surface area (Å²) >= 11 is 0. The molecule has 2 rings (SSSR count). The number of rotatable bonds is 3. The fourth-order valence-corrected chi connectivity index (χ4v) is 1.83. The van der Waals surface area contributed by atoms with Gasteiger partial charge in [0.15, 0.2) is 5.69 Å². The van der Waals surface area contributed by atoms with Gasteiger partial charge in [-0.3, -0.25) is 0 Å². The third-order valence-electron chi connectivity index (χ3n) is 2.75. The fraction of sp³-hybridized carbons (Fsp3) is 0.308. The van der Waals surface area contributed by atoms with Crippen molar-refractivity contribution in [2.75, 3.05) is 6.61 Å². The molecule has 0 bridgehead atoms. The summed E-state index contributed by atoms with van der Waals surface area (Å²) in [6.45, 7) is 3.15. The second kappa shape index (κ2) is 5.55. The van der Waals surface area contributed by atoms with E-state index in [1.807, 2.05) is 0 Å². The maximum atomic E-state index is 13.0. The van der Waals surface area contributed by atoms with Crippen LogP contribution in [-0.4, -0.2) is 27.6 Å². The average Bonchev–Trinajstić information content (AvgIpc) is 2.84. The summed E-state index contributed by atoms with van der Waals surface area (Å²) in [5.41, 5.74) is -1.09. The van der Waals surface area contributed by atoms with Crippen LogP contribution in [0.1, 0.15) is 28.7 Å². The summed E-state index contributed by atoms with van der Waals surface area (Å²) in [5, 5.41) is 6.56. The van der Waals surface area contributed by atoms with Crippen LogP contribution in [0.2, 0.25) is 0 Å². The van der Waals surface area contributed by atoms with E-state index in [4.69, 9.17) is 0 Å². The Labute approximate surface area is 118 Å². The van der Waals surface area contributed by atoms with Crippen molar-refractivity contribution in [3.05, 3.63) is 41.2 Å². The highest BCUT2D eigenvalue weighted by Crippen LogP contribution is 2.31. The standard InChI is InChI=1S/C13H12F3N3O2/c1-3-21-12(20)10-11(13(14,15)16)17-18-19(10)9-7-5-4-6-8(9)2/h4-7H,3H2,1-2H3. The SMILES string of the molecule is CCOC(=O)c1c(C(F)(F)F)nnn1-c1ccccc1C. The van der Waals surface area contributed by atoms with Gasteiger partial charge >= 0.3 is 12.1 Å². The molecule has 0 N–H and O–H groups in total. The number of hydrogen-bond acceptors (Lipinski definition) is 4. The smallest absolute Gasteiger partial charge is 0.437 e. The van der Waals surface area contributed by atoms with Crippen LogP contribution in [0.5, 0.6) is 0 Å². The number of aryl methyl sites for hydroxylation is 1. The lowest BCUT2D eigenvalue weighted by Gasteiger charge is -2.10. The molecule has 0 unspecified atom stereocenters. The molecule has 0 saturated heterocycles. The molecule has 8 heteroatoms. The van der Waals surface area contributed by atoms with Crippen LogP contribution >= 0.6 is 0 Å². The molecule has 1 aromatic heterocycles. The molecule has 5 nitrogen and oxygen atoms in total. The normalized spacial score (nSPS) is 11.5. The maximum absolute atomic E-state index is 13.0. The molecule has 0 aliphatic heterocycles. The number of hydrogen-bond donors (Lipinski definition) is 0. The summed E-state index contributed by atoms with van der Waals surface area (Å²) in [4.78, 5) is 11.9. The van der Waals surface area contributed by atoms with Crippen LogP contribution in [0.3, 0.4) is 0 Å². The van der Waals surface area contributed by atoms with Crippen molar-refractivity contribution in [1.82, 2.24) is 15.0 Å². The number of carbonyl (C=O) groups is 1. The number of alkyl halides is 3. The third kappa shape index (κ3) is 2.88. The Morgan fingerprint density at radius 1 is 1.33 bits per heavy atom. The first-order chi connectivity index (χ1) is 9.86. The van der Waals surface area contributed by atoms with Crippen molar-refractivity contribution in [2.45, 2.75) is 20.0 Å². The molecule has 0 radical (unpaired) electrons. The first-order valence-electron chi connectivity index (χ1n) is 6.12. The molecule has 1 heterocycles. The summed E-state index contributed by atoms with van der Waals surface area (Å²) in [5.74, 6) is -1.11. The molecule has 0 spiro atoms. The monoisotopic (exact) mass is 299 g/mol. The van der Waals surface area contributed by atoms with Crippen LogP contribution < -0.4 is 0 Å². The molecule has 0 aliphatic carbocycles. The molecule has 0 aliphatic rings. The van der Waals surface area contributed by atoms with Crippen LogP contribution in [0.15, 0.2) is 24.3 Å². The topological polar surface area (TPSA) is 57.0 Å². The van der Waals surface area contributed by atoms with E-state index in [0.29, 0.717) is 11.3 Å². The van der Waals surface area contributed by atoms with E-state index in [9.17, 15) is 18.0 Å². The number of carbonyl (C=O) groups excluding carboxylic acids is 1. The molecule has 1 aromatic carbocycles. The first kappa shape index (κ1) is 15.0. The number of nitrogens with zero attached hydrogens (tertiary/aromatic N) is 3. The van der Waals surface area contributed by atoms with Gasteiger partial charge < -0.3 is 4.74 Å². The van der Waals surface area contributed by atoms with Crippen molar-refractivity contribution in [1.29, 1.82) is 0 Å². The minimum absolute atomic E-state index is 0.0465. The molecular weight excluding hydrogens is 287 g/mol. The van der Waals surface area contributed by atoms with Gasteiger partial charge in [0.25, 0.3) is 0 Å². The van der Waals surface area contributed by atoms with E-state index >= 15 is 0 Å². The lowest BCUT2D eigenvalue weighted by Crippen LogP contribution is -2.18. The zero-order chi connectivity index (χ0) is 15.6. The molecule has 21 heavy (non-hydrogen) atoms. The number of benzene rings is 1. The molecule has 0 atom stereocenters. The molecule has 0 saturated carbocycles. The predicted octanol–water partition coefficient (Wildman–Crippen LogP) is 2.77. The van der Waals surface area contributed by atoms with E-state index in [0.717, 1.165) is 4.68 Å². The van der Waals surface area contributed by atoms with Crippen LogP contribution in [-0.2, 0) is 10.9 Å². The van der Waals surface area contributed by atoms with Gasteiger partial charge in [-0.15, -0.1) is 5.10 Å². The van der Waals surface area contributed by atoms with Crippen molar-refractivity contribution in [3.8, 4) is 5.69 Å². The number of ether oxygens (including phenoxy) is 1. The summed E-state index contributed by atoms with van der Waals surface area (Å²) in [6.07, 6.45) is -4.79. The summed E-state index contributed by atoms with van der Waals surface area (Å²) in [7, 11) is 0. The molecular formula is C13H12F3N3O2. The zero-order valence-electron chi connectivity index (χ0n) is 11.3. The van der Waals surface area contributed by atoms with Crippen molar-refractivity contribution >= 4 is 5.97 Å². The van der Waals surface area contributed by atoms with Gasteiger partial charge in [0, 0.05) is 0 Å². The van der Waals surface area contributed by atoms with Crippen molar-refractivity contribution in [3.63, 3.8) is 0 Å². The van der Waals surface area contributed by atoms with Crippen LogP contribution in [0, 0.1) is 6.92 Å². The maximum Gasteiger partial charge on any atom is 0.437 e. The van der Waals surface area contributed by atoms with Gasteiger partial charge in [0.05, 0.1) is 12.3 Å². The number of para-hydroxylation sites is 1. The first-order valence-corrected chi connectivity index (χ1v) is 6.12. The second-order valence-corrected chi connectivity index (χ2v) is 4.20. The Hall–Kier alpha value is -2.38. The largest absolute Gasteiger partial charge is 0.461 e. The number of esters is 1. The predicted molar refractivity (Wildman–Crippen MR) is 67.1 cm³/mol. The van der Waals surface area contributed by atoms with Crippen molar-refractivity contribution < 1.29 is 22.7 Å². The van der Waals surface area contributed by atoms with Gasteiger partial charge in [-0.1, -0.05) is 23.4 Å². The Kier molecular flexibility index (Phi) is 3.97. The molecule has 112 valence electrons. The van der Waals surface area contributed by atoms with E-state index in [2.05, 4.69) is 15.0 Å². The van der Waals surface area contributed by atoms with E-state index in [1.54, 1.807) is 31.2 Å². The highest BCUT2D eigenvalue weighted by molar-refractivity contribution is 5.89. The average molecular weight is 299 g/mol. The lowest BCUT2D eigenvalue weighted by atomic mass is 10.2. The van der Waals surface area contributed by atoms with Crippen LogP contribution in [0.4, 0.5) is 13.2 Å². The fourth-order valence-electron chi connectivity index (χ4n) is 1.83. The molecule has 0 fully saturated rings. The lowest BCUT2D eigenvalue weighted by molar-refractivity contribution is -0.141. The summed E-state index contributed by atoms with van der Waals surface area (Å²) < 4.78 is 44.4. The van der Waals surface area contributed by atoms with E-state index in [1.165, 1.54) is 6.92 Å².